The molecule has 1 unspecified atom stereocenters. The van der Waals surface area contributed by atoms with Crippen LogP contribution in [0.2, 0.25) is 4.34 Å². The normalized spacial score (nSPS) is 17.5. The largest absolute Gasteiger partial charge is 0.378 e. The van der Waals surface area contributed by atoms with Gasteiger partial charge in [-0.05, 0) is 56.3 Å². The lowest BCUT2D eigenvalue weighted by Gasteiger charge is -2.16. The van der Waals surface area contributed by atoms with Crippen molar-refractivity contribution in [2.75, 3.05) is 19.4 Å². The van der Waals surface area contributed by atoms with E-state index in [0.29, 0.717) is 6.04 Å². The molecule has 0 saturated carbocycles. The predicted octanol–water partition coefficient (Wildman–Crippen LogP) is 4.56. The third kappa shape index (κ3) is 3.00. The third-order valence-corrected chi connectivity index (χ3v) is 4.95. The van der Waals surface area contributed by atoms with Crippen molar-refractivity contribution in [3.63, 3.8) is 0 Å². The zero-order valence-electron chi connectivity index (χ0n) is 11.8. The number of benzene rings is 1. The van der Waals surface area contributed by atoms with Gasteiger partial charge < -0.3 is 10.2 Å². The summed E-state index contributed by atoms with van der Waals surface area (Å²) in [5.74, 6) is 0. The van der Waals surface area contributed by atoms with Crippen LogP contribution in [0.5, 0.6) is 0 Å². The highest BCUT2D eigenvalue weighted by Crippen LogP contribution is 2.40. The maximum absolute atomic E-state index is 6.11. The van der Waals surface area contributed by atoms with Gasteiger partial charge in [-0.2, -0.15) is 0 Å². The van der Waals surface area contributed by atoms with Gasteiger partial charge in [0.05, 0.1) is 10.4 Å². The fraction of sp³-hybridized carbons (Fsp3) is 0.375. The van der Waals surface area contributed by atoms with Crippen molar-refractivity contribution in [2.45, 2.75) is 25.4 Å². The summed E-state index contributed by atoms with van der Waals surface area (Å²) in [6.45, 7) is 0.968. The van der Waals surface area contributed by atoms with Crippen molar-refractivity contribution in [1.82, 2.24) is 4.90 Å². The first-order valence-corrected chi connectivity index (χ1v) is 8.09. The van der Waals surface area contributed by atoms with Crippen LogP contribution >= 0.6 is 22.9 Å². The summed E-state index contributed by atoms with van der Waals surface area (Å²) in [5.41, 5.74) is 3.92. The van der Waals surface area contributed by atoms with E-state index in [4.69, 9.17) is 11.6 Å². The van der Waals surface area contributed by atoms with Crippen LogP contribution in [0.1, 0.15) is 28.5 Å². The van der Waals surface area contributed by atoms with Crippen molar-refractivity contribution >= 4 is 28.6 Å². The molecule has 1 N–H and O–H groups in total. The summed E-state index contributed by atoms with van der Waals surface area (Å²) in [6.07, 6.45) is 2.30. The van der Waals surface area contributed by atoms with E-state index >= 15 is 0 Å². The Kier molecular flexibility index (Phi) is 4.01. The molecular weight excluding hydrogens is 288 g/mol. The Morgan fingerprint density at radius 3 is 3.00 bits per heavy atom. The Balaban J connectivity index is 1.75. The van der Waals surface area contributed by atoms with Crippen LogP contribution in [0.4, 0.5) is 5.69 Å². The van der Waals surface area contributed by atoms with E-state index in [2.05, 4.69) is 54.6 Å². The molecule has 3 rings (SSSR count). The molecule has 2 nitrogen and oxygen atoms in total. The lowest BCUT2D eigenvalue weighted by atomic mass is 10.1. The molecule has 0 amide bonds. The Morgan fingerprint density at radius 2 is 2.20 bits per heavy atom. The minimum absolute atomic E-state index is 0.406. The molecule has 0 radical (unpaired) electrons. The van der Waals surface area contributed by atoms with E-state index in [0.717, 1.165) is 23.7 Å². The van der Waals surface area contributed by atoms with E-state index in [-0.39, 0.29) is 0 Å². The number of rotatable bonds is 4. The Labute approximate surface area is 129 Å². The molecule has 0 saturated heterocycles. The first-order valence-electron chi connectivity index (χ1n) is 6.90. The van der Waals surface area contributed by atoms with Crippen molar-refractivity contribution in [1.29, 1.82) is 0 Å². The second-order valence-electron chi connectivity index (χ2n) is 5.60. The van der Waals surface area contributed by atoms with Gasteiger partial charge in [0.2, 0.25) is 0 Å². The van der Waals surface area contributed by atoms with Gasteiger partial charge in [-0.3, -0.25) is 0 Å². The van der Waals surface area contributed by atoms with E-state index in [9.17, 15) is 0 Å². The highest BCUT2D eigenvalue weighted by Gasteiger charge is 2.24. The number of fused-ring (bicyclic) bond motifs is 1. The van der Waals surface area contributed by atoms with Gasteiger partial charge in [0, 0.05) is 17.1 Å². The van der Waals surface area contributed by atoms with Crippen molar-refractivity contribution in [3.8, 4) is 0 Å². The summed E-state index contributed by atoms with van der Waals surface area (Å²) in [5, 5.41) is 3.65. The van der Waals surface area contributed by atoms with Gasteiger partial charge in [0.1, 0.15) is 0 Å². The first-order chi connectivity index (χ1) is 9.61. The summed E-state index contributed by atoms with van der Waals surface area (Å²) in [4.78, 5) is 3.63. The highest BCUT2D eigenvalue weighted by atomic mass is 35.5. The molecule has 1 aromatic carbocycles. The van der Waals surface area contributed by atoms with E-state index in [1.165, 1.54) is 21.7 Å². The number of aryl methyl sites for hydroxylation is 1. The number of halogens is 1. The third-order valence-electron chi connectivity index (χ3n) is 3.61. The van der Waals surface area contributed by atoms with Gasteiger partial charge in [-0.15, -0.1) is 11.3 Å². The molecule has 0 fully saturated rings. The quantitative estimate of drug-likeness (QED) is 0.890. The molecule has 20 heavy (non-hydrogen) atoms. The van der Waals surface area contributed by atoms with Gasteiger partial charge in [-0.1, -0.05) is 23.7 Å². The van der Waals surface area contributed by atoms with E-state index in [1.807, 2.05) is 0 Å². The monoisotopic (exact) mass is 306 g/mol. The van der Waals surface area contributed by atoms with Crippen molar-refractivity contribution < 1.29 is 0 Å². The Hall–Kier alpha value is -1.03. The van der Waals surface area contributed by atoms with Gasteiger partial charge in [-0.25, -0.2) is 0 Å². The van der Waals surface area contributed by atoms with Crippen LogP contribution in [-0.2, 0) is 13.0 Å². The molecular formula is C16H19ClN2S. The lowest BCUT2D eigenvalue weighted by molar-refractivity contribution is 0.402. The van der Waals surface area contributed by atoms with Crippen LogP contribution in [0.3, 0.4) is 0 Å². The minimum Gasteiger partial charge on any atom is -0.378 e. The SMILES string of the molecule is CN(C)Cc1cccc(NC2CCc3sc(Cl)cc32)c1. The zero-order valence-corrected chi connectivity index (χ0v) is 13.4. The van der Waals surface area contributed by atoms with Gasteiger partial charge in [0.15, 0.2) is 0 Å². The minimum atomic E-state index is 0.406. The smallest absolute Gasteiger partial charge is 0.0934 e. The fourth-order valence-electron chi connectivity index (χ4n) is 2.81. The Bertz CT molecular complexity index is 606. The zero-order chi connectivity index (χ0) is 14.1. The summed E-state index contributed by atoms with van der Waals surface area (Å²) in [7, 11) is 4.19. The molecule has 0 aliphatic heterocycles. The number of thiophene rings is 1. The summed E-state index contributed by atoms with van der Waals surface area (Å²) in [6, 6.07) is 11.2. The van der Waals surface area contributed by atoms with Crippen molar-refractivity contribution in [3.05, 3.63) is 50.7 Å². The van der Waals surface area contributed by atoms with Crippen LogP contribution in [-0.4, -0.2) is 19.0 Å². The van der Waals surface area contributed by atoms with Crippen LogP contribution in [0, 0.1) is 0 Å². The summed E-state index contributed by atoms with van der Waals surface area (Å²) >= 11 is 7.84. The van der Waals surface area contributed by atoms with Crippen LogP contribution in [0.25, 0.3) is 0 Å². The maximum atomic E-state index is 6.11. The van der Waals surface area contributed by atoms with Crippen molar-refractivity contribution in [2.24, 2.45) is 0 Å². The molecule has 1 heterocycles. The molecule has 1 aliphatic rings. The number of hydrogen-bond acceptors (Lipinski definition) is 3. The molecule has 1 atom stereocenters. The molecule has 1 aromatic heterocycles. The number of nitrogens with one attached hydrogen (secondary N) is 1. The second kappa shape index (κ2) is 5.76. The molecule has 0 spiro atoms. The average Bonchev–Trinajstić information content (AvgIpc) is 2.90. The van der Waals surface area contributed by atoms with Gasteiger partial charge in [0.25, 0.3) is 0 Å². The fourth-order valence-corrected chi connectivity index (χ4v) is 4.16. The molecule has 0 bridgehead atoms. The standard InChI is InChI=1S/C16H19ClN2S/c1-19(2)10-11-4-3-5-12(8-11)18-14-6-7-15-13(14)9-16(17)20-15/h3-5,8-9,14,18H,6-7,10H2,1-2H3. The molecule has 1 aliphatic carbocycles. The summed E-state index contributed by atoms with van der Waals surface area (Å²) < 4.78 is 0.905. The number of hydrogen-bond donors (Lipinski definition) is 1. The Morgan fingerprint density at radius 1 is 1.35 bits per heavy atom. The molecule has 4 heteroatoms. The molecule has 106 valence electrons. The highest BCUT2D eigenvalue weighted by molar-refractivity contribution is 7.16. The topological polar surface area (TPSA) is 15.3 Å². The first kappa shape index (κ1) is 13.9. The average molecular weight is 307 g/mol. The van der Waals surface area contributed by atoms with Crippen LogP contribution in [0.15, 0.2) is 30.3 Å². The van der Waals surface area contributed by atoms with E-state index in [1.54, 1.807) is 11.3 Å². The van der Waals surface area contributed by atoms with E-state index < -0.39 is 0 Å². The predicted molar refractivity (Wildman–Crippen MR) is 87.8 cm³/mol. The number of anilines is 1. The number of nitrogens with zero attached hydrogens (tertiary/aromatic N) is 1. The lowest BCUT2D eigenvalue weighted by Crippen LogP contribution is -2.11. The van der Waals surface area contributed by atoms with Crippen LogP contribution < -0.4 is 5.32 Å². The maximum Gasteiger partial charge on any atom is 0.0934 e. The van der Waals surface area contributed by atoms with Gasteiger partial charge >= 0.3 is 0 Å². The molecule has 2 aromatic rings. The second-order valence-corrected chi connectivity index (χ2v) is 7.37.